The minimum absolute atomic E-state index is 0. The van der Waals surface area contributed by atoms with E-state index in [9.17, 15) is 0 Å². The van der Waals surface area contributed by atoms with Crippen molar-refractivity contribution in [3.05, 3.63) is 156 Å². The zero-order valence-electron chi connectivity index (χ0n) is 26.0. The Morgan fingerprint density at radius 1 is 0.444 bits per heavy atom. The summed E-state index contributed by atoms with van der Waals surface area (Å²) in [5.41, 5.74) is 9.90. The third-order valence-corrected chi connectivity index (χ3v) is 8.28. The van der Waals surface area contributed by atoms with Crippen LogP contribution in [0.15, 0.2) is 142 Å². The Morgan fingerprint density at radius 2 is 0.844 bits per heavy atom. The van der Waals surface area contributed by atoms with Crippen molar-refractivity contribution >= 4 is 21.5 Å². The standard InChI is InChI=1S/2C21H17O.Zr/c2*1-14-6-9-16(10-7-14)19-5-3-4-17-12-18(13-20(17)19)21-11-8-15(2)22-21;/h2*3-13H,1-2H3;/q2*-1;+2. The molecule has 6 aromatic carbocycles. The van der Waals surface area contributed by atoms with Crippen molar-refractivity contribution in [1.29, 1.82) is 0 Å². The molecule has 0 amide bonds. The first-order valence-electron chi connectivity index (χ1n) is 15.1. The Balaban J connectivity index is 0.000000155. The van der Waals surface area contributed by atoms with Crippen LogP contribution in [0, 0.1) is 27.7 Å². The predicted molar refractivity (Wildman–Crippen MR) is 184 cm³/mol. The van der Waals surface area contributed by atoms with Gasteiger partial charge in [0.25, 0.3) is 0 Å². The number of hydrogen-bond donors (Lipinski definition) is 0. The summed E-state index contributed by atoms with van der Waals surface area (Å²) < 4.78 is 11.5. The number of furan rings is 2. The first-order valence-corrected chi connectivity index (χ1v) is 15.1. The summed E-state index contributed by atoms with van der Waals surface area (Å²) in [5, 5.41) is 5.05. The molecule has 0 atom stereocenters. The summed E-state index contributed by atoms with van der Waals surface area (Å²) in [6.07, 6.45) is 0. The number of rotatable bonds is 4. The van der Waals surface area contributed by atoms with Crippen LogP contribution < -0.4 is 0 Å². The van der Waals surface area contributed by atoms with E-state index >= 15 is 0 Å². The SMILES string of the molecule is Cc1ccc(-c2cccc3[cH-]c(-c4ccc(C)o4)cc23)cc1.Cc1ccc(-c2cccc3[cH-]c(-c4ccc(C)o4)cc23)cc1.[Zr+2]. The van der Waals surface area contributed by atoms with E-state index in [2.05, 4.69) is 123 Å². The van der Waals surface area contributed by atoms with Gasteiger partial charge in [0.15, 0.2) is 0 Å². The van der Waals surface area contributed by atoms with E-state index in [4.69, 9.17) is 8.83 Å². The normalized spacial score (nSPS) is 10.9. The summed E-state index contributed by atoms with van der Waals surface area (Å²) in [6.45, 7) is 8.18. The van der Waals surface area contributed by atoms with Gasteiger partial charge < -0.3 is 8.83 Å². The summed E-state index contributed by atoms with van der Waals surface area (Å²) in [5.74, 6) is 3.75. The van der Waals surface area contributed by atoms with Gasteiger partial charge in [0, 0.05) is 0 Å². The first kappa shape index (κ1) is 30.6. The Labute approximate surface area is 283 Å². The van der Waals surface area contributed by atoms with Gasteiger partial charge in [0.1, 0.15) is 0 Å². The smallest absolute Gasteiger partial charge is 0.496 e. The number of fused-ring (bicyclic) bond motifs is 2. The summed E-state index contributed by atoms with van der Waals surface area (Å²) in [6, 6.07) is 47.3. The number of hydrogen-bond acceptors (Lipinski definition) is 2. The molecule has 8 aromatic rings. The van der Waals surface area contributed by atoms with Gasteiger partial charge in [-0.3, -0.25) is 0 Å². The number of aryl methyl sites for hydroxylation is 4. The van der Waals surface area contributed by atoms with Gasteiger partial charge in [0.05, 0.1) is 23.0 Å². The maximum absolute atomic E-state index is 5.76. The topological polar surface area (TPSA) is 26.3 Å². The van der Waals surface area contributed by atoms with Crippen molar-refractivity contribution in [2.24, 2.45) is 0 Å². The zero-order valence-corrected chi connectivity index (χ0v) is 28.5. The van der Waals surface area contributed by atoms with Crippen LogP contribution in [0.3, 0.4) is 0 Å². The molecule has 0 aliphatic heterocycles. The molecule has 0 aliphatic carbocycles. The van der Waals surface area contributed by atoms with Crippen molar-refractivity contribution in [1.82, 2.24) is 0 Å². The average molecular weight is 662 g/mol. The minimum Gasteiger partial charge on any atom is -0.496 e. The Kier molecular flexibility index (Phi) is 8.75. The van der Waals surface area contributed by atoms with Gasteiger partial charge in [-0.1, -0.05) is 106 Å². The van der Waals surface area contributed by atoms with Gasteiger partial charge >= 0.3 is 26.2 Å². The predicted octanol–water partition coefficient (Wildman–Crippen LogP) is 12.2. The van der Waals surface area contributed by atoms with Crippen LogP contribution in [0.5, 0.6) is 0 Å². The molecular formula is C42H34O2Zr. The molecule has 2 heterocycles. The second-order valence-electron chi connectivity index (χ2n) is 11.7. The maximum Gasteiger partial charge on any atom is 2.00 e. The summed E-state index contributed by atoms with van der Waals surface area (Å²) >= 11 is 0. The van der Waals surface area contributed by atoms with E-state index in [1.807, 2.05) is 38.1 Å². The molecule has 2 aromatic heterocycles. The maximum atomic E-state index is 5.76. The second-order valence-corrected chi connectivity index (χ2v) is 11.7. The molecule has 0 saturated heterocycles. The molecule has 0 radical (unpaired) electrons. The molecule has 0 aliphatic rings. The van der Waals surface area contributed by atoms with Crippen molar-refractivity contribution in [3.8, 4) is 44.9 Å². The van der Waals surface area contributed by atoms with Crippen LogP contribution in [-0.4, -0.2) is 0 Å². The third-order valence-electron chi connectivity index (χ3n) is 8.28. The van der Waals surface area contributed by atoms with E-state index in [0.717, 1.165) is 34.2 Å². The van der Waals surface area contributed by atoms with E-state index in [1.54, 1.807) is 0 Å². The van der Waals surface area contributed by atoms with Crippen molar-refractivity contribution < 1.29 is 35.0 Å². The fourth-order valence-electron chi connectivity index (χ4n) is 5.90. The molecule has 0 N–H and O–H groups in total. The molecule has 0 spiro atoms. The molecule has 0 saturated carbocycles. The molecule has 0 unspecified atom stereocenters. The molecule has 8 rings (SSSR count). The van der Waals surface area contributed by atoms with Crippen LogP contribution in [0.25, 0.3) is 66.4 Å². The Bertz CT molecular complexity index is 2040. The van der Waals surface area contributed by atoms with Crippen LogP contribution in [0.1, 0.15) is 22.6 Å². The summed E-state index contributed by atoms with van der Waals surface area (Å²) in [4.78, 5) is 0. The molecule has 45 heavy (non-hydrogen) atoms. The van der Waals surface area contributed by atoms with Gasteiger partial charge in [-0.15, -0.1) is 57.9 Å². The molecule has 2 nitrogen and oxygen atoms in total. The Morgan fingerprint density at radius 3 is 1.20 bits per heavy atom. The van der Waals surface area contributed by atoms with Crippen molar-refractivity contribution in [2.45, 2.75) is 27.7 Å². The fraction of sp³-hybridized carbons (Fsp3) is 0.0952. The second kappa shape index (κ2) is 12.9. The van der Waals surface area contributed by atoms with Crippen molar-refractivity contribution in [3.63, 3.8) is 0 Å². The van der Waals surface area contributed by atoms with Crippen LogP contribution in [-0.2, 0) is 26.2 Å². The largest absolute Gasteiger partial charge is 2.00 e. The van der Waals surface area contributed by atoms with E-state index in [1.165, 1.54) is 54.9 Å². The quantitative estimate of drug-likeness (QED) is 0.175. The molecule has 0 fully saturated rings. The number of benzene rings is 4. The minimum atomic E-state index is 0. The van der Waals surface area contributed by atoms with E-state index in [-0.39, 0.29) is 26.2 Å². The van der Waals surface area contributed by atoms with Gasteiger partial charge in [-0.05, 0) is 63.1 Å². The third kappa shape index (κ3) is 6.37. The summed E-state index contributed by atoms with van der Waals surface area (Å²) in [7, 11) is 0. The van der Waals surface area contributed by atoms with E-state index in [0.29, 0.717) is 0 Å². The molecule has 0 bridgehead atoms. The van der Waals surface area contributed by atoms with Crippen LogP contribution in [0.4, 0.5) is 0 Å². The van der Waals surface area contributed by atoms with Gasteiger partial charge in [-0.2, -0.15) is 0 Å². The average Bonchev–Trinajstić information content (AvgIpc) is 3.84. The monoisotopic (exact) mass is 660 g/mol. The van der Waals surface area contributed by atoms with Crippen LogP contribution >= 0.6 is 0 Å². The van der Waals surface area contributed by atoms with Gasteiger partial charge in [-0.25, -0.2) is 0 Å². The molecular weight excluding hydrogens is 628 g/mol. The molecule has 218 valence electrons. The first-order chi connectivity index (χ1) is 21.4. The van der Waals surface area contributed by atoms with Crippen molar-refractivity contribution in [2.75, 3.05) is 0 Å². The molecule has 3 heteroatoms. The zero-order chi connectivity index (χ0) is 30.2. The Hall–Kier alpha value is -4.46. The fourth-order valence-corrected chi connectivity index (χ4v) is 5.90. The van der Waals surface area contributed by atoms with E-state index < -0.39 is 0 Å². The van der Waals surface area contributed by atoms with Gasteiger partial charge in [0.2, 0.25) is 0 Å². The van der Waals surface area contributed by atoms with Crippen LogP contribution in [0.2, 0.25) is 0 Å².